The number of rotatable bonds is 5. The lowest BCUT2D eigenvalue weighted by atomic mass is 10.0. The molecule has 1 atom stereocenters. The van der Waals surface area contributed by atoms with Crippen molar-refractivity contribution in [2.75, 3.05) is 26.3 Å². The number of ether oxygens (including phenoxy) is 2. The maximum atomic E-state index is 13.1. The molecule has 0 spiro atoms. The first-order valence-corrected chi connectivity index (χ1v) is 9.20. The maximum absolute atomic E-state index is 13.1. The number of carbonyl (C=O) groups excluding carboxylic acids is 2. The first kappa shape index (κ1) is 19.1. The lowest BCUT2D eigenvalue weighted by Crippen LogP contribution is -2.50. The maximum Gasteiger partial charge on any atom is 0.252 e. The van der Waals surface area contributed by atoms with Crippen LogP contribution in [0.1, 0.15) is 36.0 Å². The molecule has 2 saturated heterocycles. The van der Waals surface area contributed by atoms with Gasteiger partial charge in [0, 0.05) is 19.5 Å². The Hall–Kier alpha value is -1.70. The molecule has 1 aromatic rings. The molecule has 0 saturated carbocycles. The van der Waals surface area contributed by atoms with Gasteiger partial charge in [0.1, 0.15) is 5.82 Å². The summed E-state index contributed by atoms with van der Waals surface area (Å²) in [6.45, 7) is 1.96. The van der Waals surface area contributed by atoms with Crippen LogP contribution < -0.4 is 5.32 Å². The van der Waals surface area contributed by atoms with E-state index in [0.717, 1.165) is 25.3 Å². The number of amides is 2. The van der Waals surface area contributed by atoms with Crippen LogP contribution in [0.25, 0.3) is 0 Å². The van der Waals surface area contributed by atoms with Crippen molar-refractivity contribution in [1.82, 2.24) is 10.2 Å². The predicted octanol–water partition coefficient (Wildman–Crippen LogP) is 2.35. The molecule has 0 bridgehead atoms. The van der Waals surface area contributed by atoms with Crippen LogP contribution in [0.3, 0.4) is 0 Å². The van der Waals surface area contributed by atoms with Crippen molar-refractivity contribution >= 4 is 23.4 Å². The SMILES string of the molecule is O=C(NCCC(=O)N1CCCCC1C1OCCO1)c1ccc(F)cc1Cl. The molecule has 142 valence electrons. The molecule has 0 radical (unpaired) electrons. The summed E-state index contributed by atoms with van der Waals surface area (Å²) in [6, 6.07) is 3.51. The molecular formula is C18H22ClFN2O4. The normalized spacial score (nSPS) is 21.0. The number of likely N-dealkylation sites (tertiary alicyclic amines) is 1. The van der Waals surface area contributed by atoms with E-state index in [9.17, 15) is 14.0 Å². The summed E-state index contributed by atoms with van der Waals surface area (Å²) in [5.74, 6) is -0.978. The Bertz CT molecular complexity index is 667. The summed E-state index contributed by atoms with van der Waals surface area (Å²) >= 11 is 5.88. The molecule has 1 unspecified atom stereocenters. The summed E-state index contributed by atoms with van der Waals surface area (Å²) in [4.78, 5) is 26.5. The molecule has 6 nitrogen and oxygen atoms in total. The van der Waals surface area contributed by atoms with E-state index in [1.807, 2.05) is 0 Å². The van der Waals surface area contributed by atoms with Crippen LogP contribution in [0.15, 0.2) is 18.2 Å². The topological polar surface area (TPSA) is 67.9 Å². The summed E-state index contributed by atoms with van der Waals surface area (Å²) in [5, 5.41) is 2.70. The second-order valence-corrected chi connectivity index (χ2v) is 6.80. The molecule has 2 aliphatic heterocycles. The number of piperidine rings is 1. The van der Waals surface area contributed by atoms with Crippen LogP contribution in [0.4, 0.5) is 4.39 Å². The quantitative estimate of drug-likeness (QED) is 0.846. The smallest absolute Gasteiger partial charge is 0.252 e. The lowest BCUT2D eigenvalue weighted by molar-refractivity contribution is -0.150. The predicted molar refractivity (Wildman–Crippen MR) is 93.4 cm³/mol. The molecule has 26 heavy (non-hydrogen) atoms. The van der Waals surface area contributed by atoms with Gasteiger partial charge in [-0.1, -0.05) is 11.6 Å². The molecule has 0 aromatic heterocycles. The zero-order valence-electron chi connectivity index (χ0n) is 14.4. The Morgan fingerprint density at radius 1 is 1.27 bits per heavy atom. The average Bonchev–Trinajstić information content (AvgIpc) is 3.16. The Labute approximate surface area is 156 Å². The van der Waals surface area contributed by atoms with Gasteiger partial charge in [-0.3, -0.25) is 9.59 Å². The second-order valence-electron chi connectivity index (χ2n) is 6.39. The number of benzene rings is 1. The highest BCUT2D eigenvalue weighted by Crippen LogP contribution is 2.25. The van der Waals surface area contributed by atoms with Gasteiger partial charge in [-0.15, -0.1) is 0 Å². The van der Waals surface area contributed by atoms with Gasteiger partial charge in [0.25, 0.3) is 5.91 Å². The fourth-order valence-corrected chi connectivity index (χ4v) is 3.60. The van der Waals surface area contributed by atoms with Crippen LogP contribution in [0.5, 0.6) is 0 Å². The zero-order valence-corrected chi connectivity index (χ0v) is 15.1. The van der Waals surface area contributed by atoms with Gasteiger partial charge in [0.2, 0.25) is 5.91 Å². The largest absolute Gasteiger partial charge is 0.351 e. The molecule has 0 aliphatic carbocycles. The minimum absolute atomic E-state index is 0.0421. The van der Waals surface area contributed by atoms with E-state index < -0.39 is 11.7 Å². The summed E-state index contributed by atoms with van der Waals surface area (Å²) in [5.41, 5.74) is 0.184. The third kappa shape index (κ3) is 4.52. The van der Waals surface area contributed by atoms with Crippen molar-refractivity contribution < 1.29 is 23.5 Å². The Morgan fingerprint density at radius 3 is 2.77 bits per heavy atom. The summed E-state index contributed by atoms with van der Waals surface area (Å²) in [7, 11) is 0. The van der Waals surface area contributed by atoms with Crippen LogP contribution in [-0.2, 0) is 14.3 Å². The number of hydrogen-bond acceptors (Lipinski definition) is 4. The van der Waals surface area contributed by atoms with E-state index in [0.29, 0.717) is 19.8 Å². The second kappa shape index (κ2) is 8.79. The highest BCUT2D eigenvalue weighted by Gasteiger charge is 2.35. The fraction of sp³-hybridized carbons (Fsp3) is 0.556. The van der Waals surface area contributed by atoms with Gasteiger partial charge in [-0.2, -0.15) is 0 Å². The van der Waals surface area contributed by atoms with Crippen molar-refractivity contribution in [3.05, 3.63) is 34.6 Å². The molecule has 2 fully saturated rings. The van der Waals surface area contributed by atoms with Crippen molar-refractivity contribution in [2.45, 2.75) is 38.0 Å². The third-order valence-corrected chi connectivity index (χ3v) is 4.94. The number of nitrogens with zero attached hydrogens (tertiary/aromatic N) is 1. The van der Waals surface area contributed by atoms with Gasteiger partial charge >= 0.3 is 0 Å². The zero-order chi connectivity index (χ0) is 18.5. The van der Waals surface area contributed by atoms with Crippen molar-refractivity contribution in [3.63, 3.8) is 0 Å². The van der Waals surface area contributed by atoms with Crippen LogP contribution in [0, 0.1) is 5.82 Å². The number of hydrogen-bond donors (Lipinski definition) is 1. The molecular weight excluding hydrogens is 363 g/mol. The van der Waals surface area contributed by atoms with Gasteiger partial charge < -0.3 is 19.7 Å². The van der Waals surface area contributed by atoms with E-state index in [-0.39, 0.29) is 41.8 Å². The van der Waals surface area contributed by atoms with Crippen LogP contribution in [-0.4, -0.2) is 55.3 Å². The highest BCUT2D eigenvalue weighted by atomic mass is 35.5. The molecule has 1 aromatic carbocycles. The van der Waals surface area contributed by atoms with E-state index in [1.54, 1.807) is 4.90 Å². The van der Waals surface area contributed by atoms with Crippen LogP contribution in [0.2, 0.25) is 5.02 Å². The molecule has 3 rings (SSSR count). The summed E-state index contributed by atoms with van der Waals surface area (Å²) in [6.07, 6.45) is 2.66. The molecule has 2 amide bonds. The number of halogens is 2. The highest BCUT2D eigenvalue weighted by molar-refractivity contribution is 6.33. The first-order chi connectivity index (χ1) is 12.6. The Kier molecular flexibility index (Phi) is 6.45. The van der Waals surface area contributed by atoms with Gasteiger partial charge in [-0.05, 0) is 37.5 Å². The minimum Gasteiger partial charge on any atom is -0.351 e. The Morgan fingerprint density at radius 2 is 2.04 bits per heavy atom. The Balaban J connectivity index is 1.51. The third-order valence-electron chi connectivity index (χ3n) is 4.63. The van der Waals surface area contributed by atoms with E-state index in [2.05, 4.69) is 5.32 Å². The molecule has 8 heteroatoms. The van der Waals surface area contributed by atoms with E-state index in [4.69, 9.17) is 21.1 Å². The van der Waals surface area contributed by atoms with Gasteiger partial charge in [0.05, 0.1) is 29.8 Å². The lowest BCUT2D eigenvalue weighted by Gasteiger charge is -2.38. The molecule has 2 heterocycles. The number of nitrogens with one attached hydrogen (secondary N) is 1. The van der Waals surface area contributed by atoms with Crippen molar-refractivity contribution in [1.29, 1.82) is 0 Å². The van der Waals surface area contributed by atoms with Crippen LogP contribution >= 0.6 is 11.6 Å². The van der Waals surface area contributed by atoms with Crippen molar-refractivity contribution in [2.24, 2.45) is 0 Å². The van der Waals surface area contributed by atoms with Gasteiger partial charge in [0.15, 0.2) is 6.29 Å². The minimum atomic E-state index is -0.505. The summed E-state index contributed by atoms with van der Waals surface area (Å²) < 4.78 is 24.2. The van der Waals surface area contributed by atoms with E-state index in [1.165, 1.54) is 12.1 Å². The molecule has 2 aliphatic rings. The standard InChI is InChI=1S/C18H22ClFN2O4/c19-14-11-12(20)4-5-13(14)17(24)21-7-6-16(23)22-8-2-1-3-15(22)18-25-9-10-26-18/h4-5,11,15,18H,1-3,6-10H2,(H,21,24). The monoisotopic (exact) mass is 384 g/mol. The van der Waals surface area contributed by atoms with E-state index >= 15 is 0 Å². The average molecular weight is 385 g/mol. The van der Waals surface area contributed by atoms with Crippen molar-refractivity contribution in [3.8, 4) is 0 Å². The number of carbonyl (C=O) groups is 2. The van der Waals surface area contributed by atoms with Gasteiger partial charge in [-0.25, -0.2) is 4.39 Å². The fourth-order valence-electron chi connectivity index (χ4n) is 3.34. The first-order valence-electron chi connectivity index (χ1n) is 8.82. The molecule has 1 N–H and O–H groups in total.